The third kappa shape index (κ3) is 2.18. The molecule has 13 heavy (non-hydrogen) atoms. The van der Waals surface area contributed by atoms with E-state index < -0.39 is 5.92 Å². The molecule has 2 N–H and O–H groups in total. The topological polar surface area (TPSA) is 69.6 Å². The molecule has 0 saturated carbocycles. The van der Waals surface area contributed by atoms with E-state index in [2.05, 4.69) is 5.32 Å². The first kappa shape index (κ1) is 9.98. The lowest BCUT2D eigenvalue weighted by molar-refractivity contribution is -0.137. The maximum absolute atomic E-state index is 11.3. The highest BCUT2D eigenvalue weighted by Crippen LogP contribution is 2.15. The lowest BCUT2D eigenvalue weighted by Crippen LogP contribution is -2.36. The van der Waals surface area contributed by atoms with Gasteiger partial charge in [-0.25, -0.2) is 0 Å². The van der Waals surface area contributed by atoms with E-state index in [1.165, 1.54) is 0 Å². The van der Waals surface area contributed by atoms with Crippen molar-refractivity contribution in [2.24, 2.45) is 5.92 Å². The minimum atomic E-state index is -0.545. The maximum atomic E-state index is 11.3. The van der Waals surface area contributed by atoms with Crippen molar-refractivity contribution in [3.63, 3.8) is 0 Å². The van der Waals surface area contributed by atoms with E-state index in [1.54, 1.807) is 11.9 Å². The van der Waals surface area contributed by atoms with Gasteiger partial charge < -0.3 is 15.3 Å². The molecule has 0 aromatic carbocycles. The molecule has 0 aromatic heterocycles. The Balaban J connectivity index is 2.44. The predicted octanol–water partition coefficient (Wildman–Crippen LogP) is -1.43. The molecule has 1 rings (SSSR count). The Morgan fingerprint density at radius 3 is 2.92 bits per heavy atom. The quantitative estimate of drug-likeness (QED) is 0.531. The van der Waals surface area contributed by atoms with E-state index >= 15 is 0 Å². The van der Waals surface area contributed by atoms with Crippen LogP contribution in [0.25, 0.3) is 0 Å². The SMILES string of the molecule is CN1CCC(C(=O)NCCO)C1=O. The second-order valence-corrected chi connectivity index (χ2v) is 3.12. The summed E-state index contributed by atoms with van der Waals surface area (Å²) in [4.78, 5) is 24.1. The van der Waals surface area contributed by atoms with Gasteiger partial charge >= 0.3 is 0 Å². The summed E-state index contributed by atoms with van der Waals surface area (Å²) >= 11 is 0. The molecule has 74 valence electrons. The summed E-state index contributed by atoms with van der Waals surface area (Å²) in [5, 5.41) is 11.0. The van der Waals surface area contributed by atoms with Crippen molar-refractivity contribution in [2.45, 2.75) is 6.42 Å². The van der Waals surface area contributed by atoms with Crippen LogP contribution in [0.2, 0.25) is 0 Å². The minimum Gasteiger partial charge on any atom is -0.395 e. The fourth-order valence-electron chi connectivity index (χ4n) is 1.37. The molecule has 5 nitrogen and oxygen atoms in total. The van der Waals surface area contributed by atoms with Crippen LogP contribution in [0.3, 0.4) is 0 Å². The highest BCUT2D eigenvalue weighted by Gasteiger charge is 2.34. The molecule has 1 unspecified atom stereocenters. The van der Waals surface area contributed by atoms with Crippen LogP contribution in [0.5, 0.6) is 0 Å². The number of likely N-dealkylation sites (tertiary alicyclic amines) is 1. The lowest BCUT2D eigenvalue weighted by atomic mass is 10.1. The Hall–Kier alpha value is -1.10. The van der Waals surface area contributed by atoms with Crippen LogP contribution in [0.4, 0.5) is 0 Å². The molecule has 0 radical (unpaired) electrons. The molecular weight excluding hydrogens is 172 g/mol. The number of nitrogens with zero attached hydrogens (tertiary/aromatic N) is 1. The standard InChI is InChI=1S/C8H14N2O3/c1-10-4-2-6(8(10)13)7(12)9-3-5-11/h6,11H,2-5H2,1H3,(H,9,12). The van der Waals surface area contributed by atoms with Crippen molar-refractivity contribution in [1.82, 2.24) is 10.2 Å². The average Bonchev–Trinajstić information content (AvgIpc) is 2.44. The zero-order valence-corrected chi connectivity index (χ0v) is 7.62. The van der Waals surface area contributed by atoms with Crippen LogP contribution in [0.15, 0.2) is 0 Å². The fourth-order valence-corrected chi connectivity index (χ4v) is 1.37. The highest BCUT2D eigenvalue weighted by molar-refractivity contribution is 6.01. The Morgan fingerprint density at radius 1 is 1.77 bits per heavy atom. The van der Waals surface area contributed by atoms with Crippen LogP contribution >= 0.6 is 0 Å². The van der Waals surface area contributed by atoms with Crippen molar-refractivity contribution in [1.29, 1.82) is 0 Å². The molecule has 5 heteroatoms. The van der Waals surface area contributed by atoms with E-state index in [-0.39, 0.29) is 25.0 Å². The number of rotatable bonds is 3. The minimum absolute atomic E-state index is 0.0948. The van der Waals surface area contributed by atoms with Crippen molar-refractivity contribution in [3.8, 4) is 0 Å². The third-order valence-corrected chi connectivity index (χ3v) is 2.16. The summed E-state index contributed by atoms with van der Waals surface area (Å²) < 4.78 is 0. The van der Waals surface area contributed by atoms with Gasteiger partial charge in [-0.05, 0) is 6.42 Å². The number of aliphatic hydroxyl groups is 1. The van der Waals surface area contributed by atoms with Crippen LogP contribution in [0, 0.1) is 5.92 Å². The molecule has 2 amide bonds. The number of carbonyl (C=O) groups is 2. The molecule has 0 aromatic rings. The van der Waals surface area contributed by atoms with Gasteiger partial charge in [0.25, 0.3) is 0 Å². The lowest BCUT2D eigenvalue weighted by Gasteiger charge is -2.09. The van der Waals surface area contributed by atoms with Crippen LogP contribution in [-0.2, 0) is 9.59 Å². The van der Waals surface area contributed by atoms with Gasteiger partial charge in [0.2, 0.25) is 11.8 Å². The van der Waals surface area contributed by atoms with Gasteiger partial charge in [-0.2, -0.15) is 0 Å². The molecule has 1 heterocycles. The molecule has 0 aliphatic carbocycles. The average molecular weight is 186 g/mol. The van der Waals surface area contributed by atoms with Crippen molar-refractivity contribution < 1.29 is 14.7 Å². The molecule has 1 aliphatic heterocycles. The number of nitrogens with one attached hydrogen (secondary N) is 1. The Bertz CT molecular complexity index is 217. The normalized spacial score (nSPS) is 22.2. The molecule has 1 saturated heterocycles. The molecule has 1 fully saturated rings. The molecule has 0 spiro atoms. The van der Waals surface area contributed by atoms with Crippen molar-refractivity contribution in [3.05, 3.63) is 0 Å². The van der Waals surface area contributed by atoms with Gasteiger partial charge in [0.1, 0.15) is 5.92 Å². The van der Waals surface area contributed by atoms with Crippen LogP contribution < -0.4 is 5.32 Å². The summed E-state index contributed by atoms with van der Waals surface area (Å²) in [6, 6.07) is 0. The molecule has 1 atom stereocenters. The van der Waals surface area contributed by atoms with Gasteiger partial charge in [0.15, 0.2) is 0 Å². The van der Waals surface area contributed by atoms with E-state index in [0.29, 0.717) is 13.0 Å². The first-order chi connectivity index (χ1) is 6.16. The van der Waals surface area contributed by atoms with Gasteiger partial charge in [-0.15, -0.1) is 0 Å². The molecule has 1 aliphatic rings. The first-order valence-corrected chi connectivity index (χ1v) is 4.30. The summed E-state index contributed by atoms with van der Waals surface area (Å²) in [6.07, 6.45) is 0.576. The zero-order valence-electron chi connectivity index (χ0n) is 7.62. The second-order valence-electron chi connectivity index (χ2n) is 3.12. The zero-order chi connectivity index (χ0) is 9.84. The number of aliphatic hydroxyl groups excluding tert-OH is 1. The number of hydrogen-bond acceptors (Lipinski definition) is 3. The van der Waals surface area contributed by atoms with E-state index in [9.17, 15) is 9.59 Å². The van der Waals surface area contributed by atoms with Gasteiger partial charge in [-0.3, -0.25) is 9.59 Å². The maximum Gasteiger partial charge on any atom is 0.234 e. The Morgan fingerprint density at radius 2 is 2.46 bits per heavy atom. The fraction of sp³-hybridized carbons (Fsp3) is 0.750. The smallest absolute Gasteiger partial charge is 0.234 e. The van der Waals surface area contributed by atoms with Crippen LogP contribution in [0.1, 0.15) is 6.42 Å². The summed E-state index contributed by atoms with van der Waals surface area (Å²) in [7, 11) is 1.68. The highest BCUT2D eigenvalue weighted by atomic mass is 16.3. The van der Waals surface area contributed by atoms with Crippen LogP contribution in [-0.4, -0.2) is 48.6 Å². The van der Waals surface area contributed by atoms with Gasteiger partial charge in [-0.1, -0.05) is 0 Å². The Labute approximate surface area is 76.7 Å². The predicted molar refractivity (Wildman–Crippen MR) is 45.8 cm³/mol. The Kier molecular flexibility index (Phi) is 3.25. The van der Waals surface area contributed by atoms with Crippen molar-refractivity contribution >= 4 is 11.8 Å². The third-order valence-electron chi connectivity index (χ3n) is 2.16. The number of amides is 2. The van der Waals surface area contributed by atoms with E-state index in [4.69, 9.17) is 5.11 Å². The monoisotopic (exact) mass is 186 g/mol. The largest absolute Gasteiger partial charge is 0.395 e. The number of carbonyl (C=O) groups excluding carboxylic acids is 2. The van der Waals surface area contributed by atoms with Gasteiger partial charge in [0.05, 0.1) is 6.61 Å². The first-order valence-electron chi connectivity index (χ1n) is 4.30. The van der Waals surface area contributed by atoms with Crippen molar-refractivity contribution in [2.75, 3.05) is 26.7 Å². The molecule has 0 bridgehead atoms. The van der Waals surface area contributed by atoms with E-state index in [0.717, 1.165) is 0 Å². The summed E-state index contributed by atoms with van der Waals surface area (Å²) in [5.41, 5.74) is 0. The summed E-state index contributed by atoms with van der Waals surface area (Å²) in [5.74, 6) is -0.949. The van der Waals surface area contributed by atoms with E-state index in [1.807, 2.05) is 0 Å². The number of hydrogen-bond donors (Lipinski definition) is 2. The molecular formula is C8H14N2O3. The summed E-state index contributed by atoms with van der Waals surface area (Å²) in [6.45, 7) is 0.755. The van der Waals surface area contributed by atoms with Gasteiger partial charge in [0, 0.05) is 20.1 Å². The second kappa shape index (κ2) is 4.23.